The van der Waals surface area contributed by atoms with E-state index in [2.05, 4.69) is 17.9 Å². The highest BCUT2D eigenvalue weighted by Gasteiger charge is 2.31. The summed E-state index contributed by atoms with van der Waals surface area (Å²) in [7, 11) is 1.56. The predicted molar refractivity (Wildman–Crippen MR) is 118 cm³/mol. The number of aromatic nitrogens is 2. The lowest BCUT2D eigenvalue weighted by Gasteiger charge is -2.36. The number of carbonyl (C=O) groups is 1. The summed E-state index contributed by atoms with van der Waals surface area (Å²) in [5.74, 6) is 2.56. The molecule has 30 heavy (non-hydrogen) atoms. The highest BCUT2D eigenvalue weighted by atomic mass is 35.5. The van der Waals surface area contributed by atoms with E-state index in [1.54, 1.807) is 7.11 Å². The number of carbonyl (C=O) groups excluding carboxylic acids is 1. The van der Waals surface area contributed by atoms with Crippen LogP contribution in [-0.2, 0) is 22.4 Å². The van der Waals surface area contributed by atoms with Crippen LogP contribution in [0.1, 0.15) is 48.3 Å². The predicted octanol–water partition coefficient (Wildman–Crippen LogP) is 3.46. The number of hydrogen-bond donors (Lipinski definition) is 0. The fraction of sp³-hybridized carbons (Fsp3) is 0.522. The molecule has 2 heterocycles. The lowest BCUT2D eigenvalue weighted by molar-refractivity contribution is -0.135. The number of rotatable bonds is 7. The van der Waals surface area contributed by atoms with Gasteiger partial charge in [-0.1, -0.05) is 30.7 Å². The van der Waals surface area contributed by atoms with Crippen LogP contribution < -0.4 is 4.90 Å². The van der Waals surface area contributed by atoms with E-state index in [0.29, 0.717) is 19.0 Å². The quantitative estimate of drug-likeness (QED) is 0.676. The maximum absolute atomic E-state index is 12.2. The molecule has 0 spiro atoms. The minimum Gasteiger partial charge on any atom is -0.375 e. The first-order valence-electron chi connectivity index (χ1n) is 10.7. The zero-order valence-corrected chi connectivity index (χ0v) is 18.5. The zero-order chi connectivity index (χ0) is 21.1. The lowest BCUT2D eigenvalue weighted by Crippen LogP contribution is -2.50. The third-order valence-electron chi connectivity index (χ3n) is 5.84. The number of anilines is 1. The molecule has 0 unspecified atom stereocenters. The minimum absolute atomic E-state index is 0.0481. The van der Waals surface area contributed by atoms with Gasteiger partial charge in [0.2, 0.25) is 5.91 Å². The molecule has 0 radical (unpaired) electrons. The van der Waals surface area contributed by atoms with E-state index >= 15 is 0 Å². The Balaban J connectivity index is 1.63. The summed E-state index contributed by atoms with van der Waals surface area (Å²) >= 11 is 6.23. The molecule has 4 rings (SSSR count). The largest absolute Gasteiger partial charge is 0.375 e. The SMILES string of the molecule is CCc1nc(C2CC2)nc(N2CCN(C(=O)COC)CC2)c1Cc1cccc(Cl)c1. The molecule has 1 saturated heterocycles. The first-order valence-corrected chi connectivity index (χ1v) is 11.1. The standard InChI is InChI=1S/C23H29ClN4O2/c1-3-20-19(14-16-5-4-6-18(24)13-16)23(26-22(25-20)17-7-8-17)28-11-9-27(10-12-28)21(29)15-30-2/h4-6,13,17H,3,7-12,14-15H2,1-2H3. The van der Waals surface area contributed by atoms with Crippen molar-refractivity contribution in [1.29, 1.82) is 0 Å². The number of hydrogen-bond acceptors (Lipinski definition) is 5. The van der Waals surface area contributed by atoms with E-state index in [0.717, 1.165) is 53.9 Å². The smallest absolute Gasteiger partial charge is 0.248 e. The summed E-state index contributed by atoms with van der Waals surface area (Å²) in [4.78, 5) is 26.4. The van der Waals surface area contributed by atoms with Crippen LogP contribution in [0, 0.1) is 0 Å². The summed E-state index contributed by atoms with van der Waals surface area (Å²) < 4.78 is 5.01. The molecular formula is C23H29ClN4O2. The molecule has 1 saturated carbocycles. The fourth-order valence-electron chi connectivity index (χ4n) is 4.03. The van der Waals surface area contributed by atoms with Crippen LogP contribution in [0.5, 0.6) is 0 Å². The van der Waals surface area contributed by atoms with Crippen LogP contribution in [0.25, 0.3) is 0 Å². The molecule has 160 valence electrons. The van der Waals surface area contributed by atoms with Crippen molar-refractivity contribution in [3.05, 3.63) is 51.9 Å². The lowest BCUT2D eigenvalue weighted by atomic mass is 10.0. The van der Waals surface area contributed by atoms with Crippen LogP contribution in [0.2, 0.25) is 5.02 Å². The Hall–Kier alpha value is -2.18. The van der Waals surface area contributed by atoms with E-state index in [1.165, 1.54) is 18.4 Å². The van der Waals surface area contributed by atoms with Crippen molar-refractivity contribution < 1.29 is 9.53 Å². The molecule has 2 aliphatic rings. The number of benzene rings is 1. The average molecular weight is 429 g/mol. The van der Waals surface area contributed by atoms with Crippen molar-refractivity contribution in [3.63, 3.8) is 0 Å². The summed E-state index contributed by atoms with van der Waals surface area (Å²) in [5, 5.41) is 0.743. The summed E-state index contributed by atoms with van der Waals surface area (Å²) in [5.41, 5.74) is 3.47. The van der Waals surface area contributed by atoms with Crippen LogP contribution >= 0.6 is 11.6 Å². The van der Waals surface area contributed by atoms with E-state index < -0.39 is 0 Å². The first-order chi connectivity index (χ1) is 14.6. The number of aryl methyl sites for hydroxylation is 1. The number of piperazine rings is 1. The Bertz CT molecular complexity index is 908. The number of ether oxygens (including phenoxy) is 1. The molecular weight excluding hydrogens is 400 g/mol. The molecule has 1 amide bonds. The Kier molecular flexibility index (Phi) is 6.54. The molecule has 1 aliphatic carbocycles. The molecule has 2 fully saturated rings. The molecule has 7 heteroatoms. The number of nitrogens with zero attached hydrogens (tertiary/aromatic N) is 4. The van der Waals surface area contributed by atoms with E-state index in [-0.39, 0.29) is 12.5 Å². The molecule has 2 aromatic rings. The normalized spacial score (nSPS) is 16.8. The summed E-state index contributed by atoms with van der Waals surface area (Å²) in [6.45, 7) is 5.20. The van der Waals surface area contributed by atoms with Crippen molar-refractivity contribution in [1.82, 2.24) is 14.9 Å². The Labute approximate surface area is 183 Å². The molecule has 0 bridgehead atoms. The first kappa shape index (κ1) is 21.1. The molecule has 1 aromatic carbocycles. The van der Waals surface area contributed by atoms with Gasteiger partial charge in [-0.2, -0.15) is 0 Å². The van der Waals surface area contributed by atoms with Gasteiger partial charge in [0, 0.05) is 61.9 Å². The van der Waals surface area contributed by atoms with Gasteiger partial charge in [-0.3, -0.25) is 4.79 Å². The Morgan fingerprint density at radius 3 is 2.60 bits per heavy atom. The second-order valence-electron chi connectivity index (χ2n) is 8.07. The number of halogens is 1. The Morgan fingerprint density at radius 1 is 1.20 bits per heavy atom. The summed E-state index contributed by atoms with van der Waals surface area (Å²) in [6, 6.07) is 8.00. The van der Waals surface area contributed by atoms with E-state index in [9.17, 15) is 4.79 Å². The maximum atomic E-state index is 12.2. The van der Waals surface area contributed by atoms with Crippen molar-refractivity contribution >= 4 is 23.3 Å². The van der Waals surface area contributed by atoms with Crippen LogP contribution in [0.3, 0.4) is 0 Å². The van der Waals surface area contributed by atoms with Gasteiger partial charge in [-0.05, 0) is 37.0 Å². The highest BCUT2D eigenvalue weighted by molar-refractivity contribution is 6.30. The number of amides is 1. The zero-order valence-electron chi connectivity index (χ0n) is 17.7. The van der Waals surface area contributed by atoms with Gasteiger partial charge >= 0.3 is 0 Å². The summed E-state index contributed by atoms with van der Waals surface area (Å²) in [6.07, 6.45) is 3.98. The van der Waals surface area contributed by atoms with Gasteiger partial charge in [-0.25, -0.2) is 9.97 Å². The van der Waals surface area contributed by atoms with Crippen LogP contribution in [0.4, 0.5) is 5.82 Å². The van der Waals surface area contributed by atoms with Gasteiger partial charge in [0.15, 0.2) is 0 Å². The molecule has 6 nitrogen and oxygen atoms in total. The second-order valence-corrected chi connectivity index (χ2v) is 8.50. The van der Waals surface area contributed by atoms with Gasteiger partial charge < -0.3 is 14.5 Å². The minimum atomic E-state index is 0.0481. The van der Waals surface area contributed by atoms with Crippen molar-refractivity contribution in [2.75, 3.05) is 44.8 Å². The number of methoxy groups -OCH3 is 1. The molecule has 1 aromatic heterocycles. The maximum Gasteiger partial charge on any atom is 0.248 e. The molecule has 0 atom stereocenters. The van der Waals surface area contributed by atoms with Gasteiger partial charge in [-0.15, -0.1) is 0 Å². The Morgan fingerprint density at radius 2 is 1.97 bits per heavy atom. The van der Waals surface area contributed by atoms with Gasteiger partial charge in [0.05, 0.1) is 0 Å². The van der Waals surface area contributed by atoms with E-state index in [4.69, 9.17) is 26.3 Å². The second kappa shape index (κ2) is 9.31. The fourth-order valence-corrected chi connectivity index (χ4v) is 4.24. The van der Waals surface area contributed by atoms with Crippen molar-refractivity contribution in [3.8, 4) is 0 Å². The monoisotopic (exact) mass is 428 g/mol. The van der Waals surface area contributed by atoms with Crippen LogP contribution in [0.15, 0.2) is 24.3 Å². The third-order valence-corrected chi connectivity index (χ3v) is 6.07. The molecule has 1 aliphatic heterocycles. The van der Waals surface area contributed by atoms with Crippen molar-refractivity contribution in [2.45, 2.75) is 38.5 Å². The van der Waals surface area contributed by atoms with E-state index in [1.807, 2.05) is 23.1 Å². The topological polar surface area (TPSA) is 58.6 Å². The third kappa shape index (κ3) is 4.76. The van der Waals surface area contributed by atoms with Gasteiger partial charge in [0.1, 0.15) is 18.2 Å². The van der Waals surface area contributed by atoms with Crippen LogP contribution in [-0.4, -0.2) is 60.7 Å². The highest BCUT2D eigenvalue weighted by Crippen LogP contribution is 2.40. The van der Waals surface area contributed by atoms with Gasteiger partial charge in [0.25, 0.3) is 0 Å². The molecule has 0 N–H and O–H groups in total. The van der Waals surface area contributed by atoms with Crippen molar-refractivity contribution in [2.24, 2.45) is 0 Å². The average Bonchev–Trinajstić information content (AvgIpc) is 3.60.